The molecular formula is C21H21FN6O. The number of halogens is 1. The summed E-state index contributed by atoms with van der Waals surface area (Å²) in [4.78, 5) is 8.28. The lowest BCUT2D eigenvalue weighted by Gasteiger charge is -2.11. The minimum atomic E-state index is -0.541. The third kappa shape index (κ3) is 4.26. The average Bonchev–Trinajstić information content (AvgIpc) is 3.06. The first-order chi connectivity index (χ1) is 14.0. The highest BCUT2D eigenvalue weighted by Gasteiger charge is 2.10. The number of benzene rings is 2. The molecule has 0 saturated carbocycles. The average molecular weight is 392 g/mol. The number of nitrogens with zero attached hydrogens (tertiary/aromatic N) is 3. The Bertz CT molecular complexity index is 1140. The molecule has 8 heteroatoms. The Labute approximate surface area is 167 Å². The lowest BCUT2D eigenvalue weighted by Crippen LogP contribution is -2.05. The number of hydrogen-bond acceptors (Lipinski definition) is 6. The molecule has 0 bridgehead atoms. The van der Waals surface area contributed by atoms with Crippen LogP contribution in [-0.4, -0.2) is 26.3 Å². The van der Waals surface area contributed by atoms with Gasteiger partial charge in [0.2, 0.25) is 5.95 Å². The number of ether oxygens (including phenoxy) is 1. The van der Waals surface area contributed by atoms with E-state index >= 15 is 0 Å². The van der Waals surface area contributed by atoms with E-state index in [2.05, 4.69) is 30.8 Å². The van der Waals surface area contributed by atoms with Crippen molar-refractivity contribution in [3.63, 3.8) is 0 Å². The number of rotatable bonds is 6. The number of nitrogens with one attached hydrogen (secondary N) is 3. The molecule has 7 nitrogen and oxygen atoms in total. The van der Waals surface area contributed by atoms with Gasteiger partial charge in [0.25, 0.3) is 0 Å². The van der Waals surface area contributed by atoms with Gasteiger partial charge in [0.15, 0.2) is 11.6 Å². The largest absolute Gasteiger partial charge is 0.491 e. The van der Waals surface area contributed by atoms with Crippen molar-refractivity contribution < 1.29 is 9.13 Å². The SMILES string of the molecule is Cc1n[nH]c2ccc(Nc3nc(Nc4ccc(OC(C)C)cc4)ncc3F)cc12. The van der Waals surface area contributed by atoms with E-state index < -0.39 is 5.82 Å². The first kappa shape index (κ1) is 18.7. The summed E-state index contributed by atoms with van der Waals surface area (Å²) in [6, 6.07) is 13.0. The smallest absolute Gasteiger partial charge is 0.229 e. The van der Waals surface area contributed by atoms with Crippen LogP contribution in [0.4, 0.5) is 27.5 Å². The molecule has 0 atom stereocenters. The van der Waals surface area contributed by atoms with E-state index in [0.29, 0.717) is 5.69 Å². The molecule has 4 rings (SSSR count). The summed E-state index contributed by atoms with van der Waals surface area (Å²) in [6.45, 7) is 5.85. The Kier molecular flexibility index (Phi) is 4.99. The van der Waals surface area contributed by atoms with Gasteiger partial charge in [0, 0.05) is 16.8 Å². The third-order valence-electron chi connectivity index (χ3n) is 4.24. The van der Waals surface area contributed by atoms with Crippen molar-refractivity contribution in [2.45, 2.75) is 26.9 Å². The number of H-pyrrole nitrogens is 1. The monoisotopic (exact) mass is 392 g/mol. The van der Waals surface area contributed by atoms with Crippen molar-refractivity contribution in [2.24, 2.45) is 0 Å². The zero-order chi connectivity index (χ0) is 20.4. The predicted molar refractivity (Wildman–Crippen MR) is 112 cm³/mol. The summed E-state index contributed by atoms with van der Waals surface area (Å²) < 4.78 is 19.9. The van der Waals surface area contributed by atoms with E-state index in [1.807, 2.05) is 63.2 Å². The summed E-state index contributed by atoms with van der Waals surface area (Å²) in [7, 11) is 0. The molecule has 0 fully saturated rings. The van der Waals surface area contributed by atoms with Crippen LogP contribution in [-0.2, 0) is 0 Å². The molecule has 148 valence electrons. The Morgan fingerprint density at radius 2 is 1.79 bits per heavy atom. The molecule has 0 amide bonds. The number of aryl methyl sites for hydroxylation is 1. The van der Waals surface area contributed by atoms with Crippen LogP contribution in [0.15, 0.2) is 48.7 Å². The number of aromatic nitrogens is 4. The molecule has 0 saturated heterocycles. The van der Waals surface area contributed by atoms with Crippen molar-refractivity contribution in [3.8, 4) is 5.75 Å². The lowest BCUT2D eigenvalue weighted by atomic mass is 10.2. The fourth-order valence-corrected chi connectivity index (χ4v) is 2.89. The van der Waals surface area contributed by atoms with Crippen molar-refractivity contribution >= 4 is 34.0 Å². The number of anilines is 4. The van der Waals surface area contributed by atoms with Gasteiger partial charge in [-0.25, -0.2) is 9.37 Å². The van der Waals surface area contributed by atoms with Gasteiger partial charge in [0.1, 0.15) is 5.75 Å². The van der Waals surface area contributed by atoms with Gasteiger partial charge in [-0.15, -0.1) is 0 Å². The quantitative estimate of drug-likeness (QED) is 0.424. The molecule has 2 aromatic carbocycles. The van der Waals surface area contributed by atoms with E-state index in [0.717, 1.165) is 34.2 Å². The Hall–Kier alpha value is -3.68. The van der Waals surface area contributed by atoms with Crippen molar-refractivity contribution in [1.29, 1.82) is 0 Å². The van der Waals surface area contributed by atoms with Gasteiger partial charge < -0.3 is 15.4 Å². The van der Waals surface area contributed by atoms with Gasteiger partial charge in [-0.05, 0) is 63.2 Å². The van der Waals surface area contributed by atoms with Gasteiger partial charge in [-0.2, -0.15) is 10.1 Å². The van der Waals surface area contributed by atoms with Gasteiger partial charge >= 0.3 is 0 Å². The van der Waals surface area contributed by atoms with E-state index in [4.69, 9.17) is 4.74 Å². The number of hydrogen-bond donors (Lipinski definition) is 3. The summed E-state index contributed by atoms with van der Waals surface area (Å²) in [5.41, 5.74) is 3.28. The molecule has 0 aliphatic heterocycles. The van der Waals surface area contributed by atoms with E-state index in [9.17, 15) is 4.39 Å². The normalized spacial score (nSPS) is 11.1. The third-order valence-corrected chi connectivity index (χ3v) is 4.24. The maximum Gasteiger partial charge on any atom is 0.229 e. The molecule has 4 aromatic rings. The standard InChI is InChI=1S/C21H21FN6O/c1-12(2)29-16-7-4-14(5-8-16)25-21-23-11-18(22)20(26-21)24-15-6-9-19-17(10-15)13(3)27-28-19/h4-12H,1-3H3,(H,27,28)(H2,23,24,25,26). The summed E-state index contributed by atoms with van der Waals surface area (Å²) >= 11 is 0. The minimum Gasteiger partial charge on any atom is -0.491 e. The van der Waals surface area contributed by atoms with Gasteiger partial charge in [0.05, 0.1) is 23.5 Å². The molecule has 0 radical (unpaired) electrons. The second-order valence-corrected chi connectivity index (χ2v) is 6.90. The van der Waals surface area contributed by atoms with E-state index in [1.54, 1.807) is 0 Å². The van der Waals surface area contributed by atoms with Crippen LogP contribution in [0.25, 0.3) is 10.9 Å². The molecule has 0 spiro atoms. The van der Waals surface area contributed by atoms with E-state index in [-0.39, 0.29) is 17.9 Å². The van der Waals surface area contributed by atoms with Crippen LogP contribution in [0, 0.1) is 12.7 Å². The Morgan fingerprint density at radius 1 is 1.03 bits per heavy atom. The molecule has 0 aliphatic carbocycles. The van der Waals surface area contributed by atoms with Crippen LogP contribution in [0.3, 0.4) is 0 Å². The number of aromatic amines is 1. The van der Waals surface area contributed by atoms with Crippen molar-refractivity contribution in [2.75, 3.05) is 10.6 Å². The number of fused-ring (bicyclic) bond motifs is 1. The van der Waals surface area contributed by atoms with Crippen LogP contribution in [0.1, 0.15) is 19.5 Å². The minimum absolute atomic E-state index is 0.0859. The fourth-order valence-electron chi connectivity index (χ4n) is 2.89. The van der Waals surface area contributed by atoms with Gasteiger partial charge in [-0.1, -0.05) is 0 Å². The zero-order valence-corrected chi connectivity index (χ0v) is 16.3. The summed E-state index contributed by atoms with van der Waals surface area (Å²) in [6.07, 6.45) is 1.24. The molecule has 29 heavy (non-hydrogen) atoms. The highest BCUT2D eigenvalue weighted by atomic mass is 19.1. The van der Waals surface area contributed by atoms with Gasteiger partial charge in [-0.3, -0.25) is 5.10 Å². The fraction of sp³-hybridized carbons (Fsp3) is 0.190. The van der Waals surface area contributed by atoms with Crippen molar-refractivity contribution in [3.05, 3.63) is 60.2 Å². The van der Waals surface area contributed by atoms with Crippen LogP contribution < -0.4 is 15.4 Å². The zero-order valence-electron chi connectivity index (χ0n) is 16.3. The van der Waals surface area contributed by atoms with Crippen LogP contribution >= 0.6 is 0 Å². The highest BCUT2D eigenvalue weighted by molar-refractivity contribution is 5.85. The topological polar surface area (TPSA) is 87.8 Å². The molecule has 2 aromatic heterocycles. The maximum absolute atomic E-state index is 14.3. The molecular weight excluding hydrogens is 371 g/mol. The molecule has 2 heterocycles. The molecule has 0 aliphatic rings. The highest BCUT2D eigenvalue weighted by Crippen LogP contribution is 2.25. The summed E-state index contributed by atoms with van der Waals surface area (Å²) in [5, 5.41) is 14.2. The predicted octanol–water partition coefficient (Wildman–Crippen LogP) is 5.07. The first-order valence-electron chi connectivity index (χ1n) is 9.26. The molecule has 3 N–H and O–H groups in total. The Balaban J connectivity index is 1.53. The maximum atomic E-state index is 14.3. The Morgan fingerprint density at radius 3 is 2.55 bits per heavy atom. The van der Waals surface area contributed by atoms with E-state index in [1.165, 1.54) is 0 Å². The van der Waals surface area contributed by atoms with Crippen molar-refractivity contribution in [1.82, 2.24) is 20.2 Å². The second-order valence-electron chi connectivity index (χ2n) is 6.90. The van der Waals surface area contributed by atoms with Crippen LogP contribution in [0.2, 0.25) is 0 Å². The van der Waals surface area contributed by atoms with Crippen LogP contribution in [0.5, 0.6) is 5.75 Å². The molecule has 0 unspecified atom stereocenters. The summed E-state index contributed by atoms with van der Waals surface area (Å²) in [5.74, 6) is 0.605. The second kappa shape index (κ2) is 7.75. The lowest BCUT2D eigenvalue weighted by molar-refractivity contribution is 0.242. The first-order valence-corrected chi connectivity index (χ1v) is 9.26.